The maximum Gasteiger partial charge on any atom is 0.0723 e. The van der Waals surface area contributed by atoms with E-state index >= 15 is 0 Å². The molecule has 2 unspecified atom stereocenters. The molecule has 0 amide bonds. The predicted molar refractivity (Wildman–Crippen MR) is 36.3 cm³/mol. The second kappa shape index (κ2) is 3.15. The summed E-state index contributed by atoms with van der Waals surface area (Å²) in [5.74, 6) is 0. The van der Waals surface area contributed by atoms with Gasteiger partial charge >= 0.3 is 0 Å². The molecule has 2 atom stereocenters. The van der Waals surface area contributed by atoms with Crippen molar-refractivity contribution < 1.29 is 4.74 Å². The highest BCUT2D eigenvalue weighted by Crippen LogP contribution is 2.05. The van der Waals surface area contributed by atoms with Gasteiger partial charge in [-0.05, 0) is 7.05 Å². The van der Waals surface area contributed by atoms with Gasteiger partial charge in [0, 0.05) is 20.1 Å². The topological polar surface area (TPSA) is 33.3 Å². The van der Waals surface area contributed by atoms with E-state index in [-0.39, 0.29) is 0 Å². The quantitative estimate of drug-likeness (QED) is 0.530. The molecule has 0 saturated carbocycles. The van der Waals surface area contributed by atoms with Crippen molar-refractivity contribution in [3.63, 3.8) is 0 Å². The molecule has 54 valence electrons. The van der Waals surface area contributed by atoms with Gasteiger partial charge in [0.25, 0.3) is 0 Å². The Hall–Kier alpha value is -0.120. The van der Waals surface area contributed by atoms with Gasteiger partial charge in [0.15, 0.2) is 0 Å². The minimum Gasteiger partial charge on any atom is -0.380 e. The number of ether oxygens (including phenoxy) is 1. The standard InChI is InChI=1S/C6H14N2O/c1-7-6-3-5(9-2)4-8-6/h5-8H,3-4H2,1-2H3. The fourth-order valence-corrected chi connectivity index (χ4v) is 1.10. The number of hydrogen-bond donors (Lipinski definition) is 2. The summed E-state index contributed by atoms with van der Waals surface area (Å²) in [4.78, 5) is 0. The Morgan fingerprint density at radius 2 is 2.44 bits per heavy atom. The van der Waals surface area contributed by atoms with Crippen LogP contribution in [-0.2, 0) is 4.74 Å². The molecule has 1 aliphatic heterocycles. The highest BCUT2D eigenvalue weighted by Gasteiger charge is 2.21. The first-order valence-electron chi connectivity index (χ1n) is 3.30. The van der Waals surface area contributed by atoms with Crippen LogP contribution in [0.5, 0.6) is 0 Å². The Labute approximate surface area is 55.8 Å². The summed E-state index contributed by atoms with van der Waals surface area (Å²) >= 11 is 0. The van der Waals surface area contributed by atoms with Crippen LogP contribution in [0, 0.1) is 0 Å². The van der Waals surface area contributed by atoms with Crippen molar-refractivity contribution in [3.05, 3.63) is 0 Å². The fourth-order valence-electron chi connectivity index (χ4n) is 1.10. The van der Waals surface area contributed by atoms with Crippen LogP contribution in [-0.4, -0.2) is 33.0 Å². The third kappa shape index (κ3) is 1.64. The van der Waals surface area contributed by atoms with Gasteiger partial charge in [-0.3, -0.25) is 5.32 Å². The lowest BCUT2D eigenvalue weighted by Gasteiger charge is -2.06. The van der Waals surface area contributed by atoms with Crippen molar-refractivity contribution in [3.8, 4) is 0 Å². The minimum absolute atomic E-state index is 0.405. The third-order valence-corrected chi connectivity index (χ3v) is 1.77. The molecule has 9 heavy (non-hydrogen) atoms. The number of hydrogen-bond acceptors (Lipinski definition) is 3. The Kier molecular flexibility index (Phi) is 2.45. The van der Waals surface area contributed by atoms with Crippen molar-refractivity contribution in [1.82, 2.24) is 10.6 Å². The smallest absolute Gasteiger partial charge is 0.0723 e. The van der Waals surface area contributed by atoms with Crippen molar-refractivity contribution >= 4 is 0 Å². The molecular weight excluding hydrogens is 116 g/mol. The van der Waals surface area contributed by atoms with Crippen molar-refractivity contribution in [2.45, 2.75) is 18.7 Å². The first-order chi connectivity index (χ1) is 4.36. The van der Waals surface area contributed by atoms with Crippen molar-refractivity contribution in [1.29, 1.82) is 0 Å². The molecule has 0 aromatic rings. The highest BCUT2D eigenvalue weighted by atomic mass is 16.5. The van der Waals surface area contributed by atoms with E-state index in [2.05, 4.69) is 10.6 Å². The third-order valence-electron chi connectivity index (χ3n) is 1.77. The molecule has 0 aliphatic carbocycles. The van der Waals surface area contributed by atoms with E-state index in [0.717, 1.165) is 13.0 Å². The molecule has 1 rings (SSSR count). The van der Waals surface area contributed by atoms with E-state index in [4.69, 9.17) is 4.74 Å². The Balaban J connectivity index is 2.20. The van der Waals surface area contributed by atoms with Crippen LogP contribution in [0.3, 0.4) is 0 Å². The summed E-state index contributed by atoms with van der Waals surface area (Å²) in [6, 6.07) is 0. The molecule has 1 aliphatic rings. The maximum absolute atomic E-state index is 5.14. The van der Waals surface area contributed by atoms with Crippen LogP contribution in [0.15, 0.2) is 0 Å². The van der Waals surface area contributed by atoms with Gasteiger partial charge in [0.2, 0.25) is 0 Å². The minimum atomic E-state index is 0.405. The van der Waals surface area contributed by atoms with Gasteiger partial charge in [-0.2, -0.15) is 0 Å². The predicted octanol–water partition coefficient (Wildman–Crippen LogP) is -0.460. The van der Waals surface area contributed by atoms with Crippen LogP contribution in [0.4, 0.5) is 0 Å². The zero-order valence-corrected chi connectivity index (χ0v) is 5.98. The van der Waals surface area contributed by atoms with E-state index in [1.54, 1.807) is 7.11 Å². The lowest BCUT2D eigenvalue weighted by atomic mass is 10.3. The highest BCUT2D eigenvalue weighted by molar-refractivity contribution is 4.78. The average Bonchev–Trinajstić information content (AvgIpc) is 2.34. The monoisotopic (exact) mass is 130 g/mol. The number of nitrogens with one attached hydrogen (secondary N) is 2. The fraction of sp³-hybridized carbons (Fsp3) is 1.00. The average molecular weight is 130 g/mol. The summed E-state index contributed by atoms with van der Waals surface area (Å²) < 4.78 is 5.14. The summed E-state index contributed by atoms with van der Waals surface area (Å²) in [6.45, 7) is 0.974. The SMILES string of the molecule is CNC1CC(OC)CN1. The van der Waals surface area contributed by atoms with Crippen LogP contribution in [0.2, 0.25) is 0 Å². The Morgan fingerprint density at radius 1 is 1.67 bits per heavy atom. The van der Waals surface area contributed by atoms with Crippen LogP contribution in [0.25, 0.3) is 0 Å². The van der Waals surface area contributed by atoms with E-state index < -0.39 is 0 Å². The van der Waals surface area contributed by atoms with Gasteiger partial charge in [-0.15, -0.1) is 0 Å². The lowest BCUT2D eigenvalue weighted by Crippen LogP contribution is -2.34. The number of methoxy groups -OCH3 is 1. The summed E-state index contributed by atoms with van der Waals surface area (Å²) in [5, 5.41) is 6.41. The summed E-state index contributed by atoms with van der Waals surface area (Å²) in [7, 11) is 3.71. The van der Waals surface area contributed by atoms with Crippen LogP contribution >= 0.6 is 0 Å². The molecule has 3 heteroatoms. The van der Waals surface area contributed by atoms with Crippen molar-refractivity contribution in [2.75, 3.05) is 20.7 Å². The van der Waals surface area contributed by atoms with Gasteiger partial charge in [0.05, 0.1) is 12.3 Å². The Morgan fingerprint density at radius 3 is 2.78 bits per heavy atom. The normalized spacial score (nSPS) is 35.3. The molecule has 0 bridgehead atoms. The van der Waals surface area contributed by atoms with Crippen LogP contribution in [0.1, 0.15) is 6.42 Å². The number of rotatable bonds is 2. The van der Waals surface area contributed by atoms with Crippen molar-refractivity contribution in [2.24, 2.45) is 0 Å². The van der Waals surface area contributed by atoms with Gasteiger partial charge in [0.1, 0.15) is 0 Å². The molecule has 0 aromatic carbocycles. The Bertz CT molecular complexity index is 77.1. The van der Waals surface area contributed by atoms with E-state index in [1.165, 1.54) is 0 Å². The maximum atomic E-state index is 5.14. The van der Waals surface area contributed by atoms with Crippen LogP contribution < -0.4 is 10.6 Å². The van der Waals surface area contributed by atoms with Gasteiger partial charge < -0.3 is 10.1 Å². The van der Waals surface area contributed by atoms with Gasteiger partial charge in [-0.1, -0.05) is 0 Å². The zero-order valence-electron chi connectivity index (χ0n) is 5.98. The first kappa shape index (κ1) is 6.99. The van der Waals surface area contributed by atoms with E-state index in [1.807, 2.05) is 7.05 Å². The molecule has 0 spiro atoms. The molecule has 0 aromatic heterocycles. The molecule has 1 heterocycles. The first-order valence-corrected chi connectivity index (χ1v) is 3.30. The second-order valence-electron chi connectivity index (χ2n) is 2.34. The van der Waals surface area contributed by atoms with E-state index in [9.17, 15) is 0 Å². The molecule has 0 radical (unpaired) electrons. The summed E-state index contributed by atoms with van der Waals surface area (Å²) in [5.41, 5.74) is 0. The summed E-state index contributed by atoms with van der Waals surface area (Å²) in [6.07, 6.45) is 1.94. The lowest BCUT2D eigenvalue weighted by molar-refractivity contribution is 0.116. The second-order valence-corrected chi connectivity index (χ2v) is 2.34. The largest absolute Gasteiger partial charge is 0.380 e. The van der Waals surface area contributed by atoms with Gasteiger partial charge in [-0.25, -0.2) is 0 Å². The molecule has 2 N–H and O–H groups in total. The molecule has 1 saturated heterocycles. The van der Waals surface area contributed by atoms with E-state index in [0.29, 0.717) is 12.3 Å². The zero-order chi connectivity index (χ0) is 6.69. The molecular formula is C6H14N2O. The molecule has 3 nitrogen and oxygen atoms in total. The molecule has 1 fully saturated rings.